The molecule has 0 aliphatic carbocycles. The van der Waals surface area contributed by atoms with E-state index in [1.807, 2.05) is 35.7 Å². The average molecular weight is 354 g/mol. The van der Waals surface area contributed by atoms with Crippen LogP contribution >= 0.6 is 11.8 Å². The molecule has 2 N–H and O–H groups in total. The Labute approximate surface area is 150 Å². The molecule has 1 heterocycles. The van der Waals surface area contributed by atoms with Crippen LogP contribution in [0.4, 0.5) is 5.69 Å². The molecule has 0 atom stereocenters. The molecule has 0 unspecified atom stereocenters. The normalized spacial score (nSPS) is 14.2. The Morgan fingerprint density at radius 2 is 2.00 bits per heavy atom. The third kappa shape index (κ3) is 4.03. The second-order valence-corrected chi connectivity index (χ2v) is 6.57. The van der Waals surface area contributed by atoms with Gasteiger partial charge < -0.3 is 15.3 Å². The van der Waals surface area contributed by atoms with Gasteiger partial charge in [0.05, 0.1) is 11.4 Å². The van der Waals surface area contributed by atoms with E-state index in [2.05, 4.69) is 5.32 Å². The molecule has 6 heteroatoms. The fourth-order valence-electron chi connectivity index (χ4n) is 2.60. The maximum Gasteiger partial charge on any atom is 0.244 e. The molecule has 0 fully saturated rings. The summed E-state index contributed by atoms with van der Waals surface area (Å²) < 4.78 is 0. The van der Waals surface area contributed by atoms with Crippen molar-refractivity contribution in [2.24, 2.45) is 0 Å². The number of thioether (sulfide) groups is 1. The number of phenols is 1. The van der Waals surface area contributed by atoms with Crippen LogP contribution in [0.15, 0.2) is 53.9 Å². The zero-order chi connectivity index (χ0) is 17.8. The summed E-state index contributed by atoms with van der Waals surface area (Å²) in [7, 11) is 0. The monoisotopic (exact) mass is 354 g/mol. The molecule has 2 aromatic carbocycles. The van der Waals surface area contributed by atoms with E-state index in [1.54, 1.807) is 19.1 Å². The van der Waals surface area contributed by atoms with E-state index in [9.17, 15) is 14.7 Å². The number of aromatic hydroxyl groups is 1. The van der Waals surface area contributed by atoms with Crippen molar-refractivity contribution in [1.29, 1.82) is 0 Å². The van der Waals surface area contributed by atoms with Crippen molar-refractivity contribution in [3.05, 3.63) is 65.1 Å². The summed E-state index contributed by atoms with van der Waals surface area (Å²) in [6, 6.07) is 14.3. The molecule has 1 aliphatic rings. The Hall–Kier alpha value is -2.73. The second kappa shape index (κ2) is 7.44. The molecule has 0 aromatic heterocycles. The lowest BCUT2D eigenvalue weighted by molar-refractivity contribution is -0.129. The average Bonchev–Trinajstić information content (AvgIpc) is 2.60. The summed E-state index contributed by atoms with van der Waals surface area (Å²) >= 11 is 1.43. The van der Waals surface area contributed by atoms with Crippen LogP contribution in [0.25, 0.3) is 5.70 Å². The van der Waals surface area contributed by atoms with Crippen molar-refractivity contribution in [3.8, 4) is 5.75 Å². The van der Waals surface area contributed by atoms with E-state index < -0.39 is 0 Å². The van der Waals surface area contributed by atoms with Crippen LogP contribution < -0.4 is 5.32 Å². The minimum absolute atomic E-state index is 0.0551. The Balaban J connectivity index is 1.77. The van der Waals surface area contributed by atoms with Gasteiger partial charge in [-0.05, 0) is 41.7 Å². The van der Waals surface area contributed by atoms with E-state index in [0.29, 0.717) is 11.4 Å². The van der Waals surface area contributed by atoms with Crippen LogP contribution in [0.5, 0.6) is 5.75 Å². The number of aryl methyl sites for hydroxylation is 1. The molecule has 3 rings (SSSR count). The lowest BCUT2D eigenvalue weighted by atomic mass is 10.1. The van der Waals surface area contributed by atoms with Crippen molar-refractivity contribution >= 4 is 35.0 Å². The molecule has 2 amide bonds. The van der Waals surface area contributed by atoms with Gasteiger partial charge >= 0.3 is 0 Å². The molecule has 0 saturated heterocycles. The maximum atomic E-state index is 12.4. The fraction of sp³-hybridized carbons (Fsp3) is 0.158. The van der Waals surface area contributed by atoms with Gasteiger partial charge in [0.25, 0.3) is 0 Å². The van der Waals surface area contributed by atoms with Gasteiger partial charge in [0.1, 0.15) is 12.3 Å². The minimum Gasteiger partial charge on any atom is -0.508 e. The van der Waals surface area contributed by atoms with Gasteiger partial charge in [-0.1, -0.05) is 30.3 Å². The molecule has 1 aliphatic heterocycles. The predicted octanol–water partition coefficient (Wildman–Crippen LogP) is 3.21. The molecule has 0 bridgehead atoms. The largest absolute Gasteiger partial charge is 0.508 e. The third-order valence-electron chi connectivity index (χ3n) is 3.85. The van der Waals surface area contributed by atoms with E-state index >= 15 is 0 Å². The number of carbonyl (C=O) groups excluding carboxylic acids is 2. The van der Waals surface area contributed by atoms with E-state index in [-0.39, 0.29) is 24.1 Å². The number of rotatable bonds is 4. The van der Waals surface area contributed by atoms with Crippen molar-refractivity contribution in [2.75, 3.05) is 17.6 Å². The van der Waals surface area contributed by atoms with Gasteiger partial charge in [-0.25, -0.2) is 0 Å². The molecule has 25 heavy (non-hydrogen) atoms. The van der Waals surface area contributed by atoms with Gasteiger partial charge in [-0.2, -0.15) is 0 Å². The second-order valence-electron chi connectivity index (χ2n) is 5.71. The van der Waals surface area contributed by atoms with Gasteiger partial charge in [-0.15, -0.1) is 11.8 Å². The lowest BCUT2D eigenvalue weighted by Gasteiger charge is -2.28. The highest BCUT2D eigenvalue weighted by Gasteiger charge is 2.25. The first-order chi connectivity index (χ1) is 12.0. The summed E-state index contributed by atoms with van der Waals surface area (Å²) in [6.45, 7) is 1.74. The van der Waals surface area contributed by atoms with E-state index in [4.69, 9.17) is 0 Å². The summed E-state index contributed by atoms with van der Waals surface area (Å²) in [5.41, 5.74) is 3.01. The highest BCUT2D eigenvalue weighted by Crippen LogP contribution is 2.28. The van der Waals surface area contributed by atoms with Gasteiger partial charge in [0, 0.05) is 5.69 Å². The predicted molar refractivity (Wildman–Crippen MR) is 100 cm³/mol. The zero-order valence-electron chi connectivity index (χ0n) is 13.7. The van der Waals surface area contributed by atoms with Crippen LogP contribution in [-0.2, 0) is 9.59 Å². The number of anilines is 1. The van der Waals surface area contributed by atoms with Gasteiger partial charge in [0.2, 0.25) is 11.8 Å². The number of carbonyl (C=O) groups is 2. The summed E-state index contributed by atoms with van der Waals surface area (Å²) in [5.74, 6) is 0.0924. The van der Waals surface area contributed by atoms with Crippen molar-refractivity contribution in [1.82, 2.24) is 4.90 Å². The molecule has 0 spiro atoms. The molecular weight excluding hydrogens is 336 g/mol. The Morgan fingerprint density at radius 1 is 1.24 bits per heavy atom. The summed E-state index contributed by atoms with van der Waals surface area (Å²) in [5, 5.41) is 14.2. The van der Waals surface area contributed by atoms with Crippen LogP contribution in [0.1, 0.15) is 11.1 Å². The Kier molecular flexibility index (Phi) is 5.09. The third-order valence-corrected chi connectivity index (χ3v) is 4.65. The number of nitrogens with one attached hydrogen (secondary N) is 1. The quantitative estimate of drug-likeness (QED) is 0.827. The highest BCUT2D eigenvalue weighted by atomic mass is 32.2. The van der Waals surface area contributed by atoms with Crippen LogP contribution in [0, 0.1) is 6.92 Å². The molecular formula is C19H18N2O3S. The van der Waals surface area contributed by atoms with Crippen molar-refractivity contribution in [3.63, 3.8) is 0 Å². The first kappa shape index (κ1) is 17.1. The molecule has 2 aromatic rings. The standard InChI is InChI=1S/C19H18N2O3S/c1-13-9-15(22)7-8-16(13)20-18(23)10-21-17(11-25-12-19(21)24)14-5-3-2-4-6-14/h2-9,11,22H,10,12H2,1H3,(H,20,23). The van der Waals surface area contributed by atoms with Gasteiger partial charge in [-0.3, -0.25) is 9.59 Å². The van der Waals surface area contributed by atoms with Crippen LogP contribution in [0.2, 0.25) is 0 Å². The number of amides is 2. The summed E-state index contributed by atoms with van der Waals surface area (Å²) in [6.07, 6.45) is 0. The smallest absolute Gasteiger partial charge is 0.244 e. The molecule has 0 saturated carbocycles. The van der Waals surface area contributed by atoms with Gasteiger partial charge in [0.15, 0.2) is 0 Å². The number of hydrogen-bond donors (Lipinski definition) is 2. The SMILES string of the molecule is Cc1cc(O)ccc1NC(=O)CN1C(=O)CSC=C1c1ccccc1. The van der Waals surface area contributed by atoms with E-state index in [0.717, 1.165) is 16.8 Å². The highest BCUT2D eigenvalue weighted by molar-refractivity contribution is 8.03. The molecule has 0 radical (unpaired) electrons. The topological polar surface area (TPSA) is 69.6 Å². The minimum atomic E-state index is -0.282. The zero-order valence-corrected chi connectivity index (χ0v) is 14.5. The summed E-state index contributed by atoms with van der Waals surface area (Å²) in [4.78, 5) is 26.3. The van der Waals surface area contributed by atoms with Crippen LogP contribution in [-0.4, -0.2) is 34.1 Å². The number of nitrogens with zero attached hydrogens (tertiary/aromatic N) is 1. The first-order valence-electron chi connectivity index (χ1n) is 7.81. The van der Waals surface area contributed by atoms with Crippen molar-refractivity contribution in [2.45, 2.75) is 6.92 Å². The van der Waals surface area contributed by atoms with Crippen molar-refractivity contribution < 1.29 is 14.7 Å². The Bertz CT molecular complexity index is 834. The van der Waals surface area contributed by atoms with Crippen LogP contribution in [0.3, 0.4) is 0 Å². The molecule has 5 nitrogen and oxygen atoms in total. The molecule has 128 valence electrons. The maximum absolute atomic E-state index is 12.4. The fourth-order valence-corrected chi connectivity index (χ4v) is 3.40. The Morgan fingerprint density at radius 3 is 2.72 bits per heavy atom. The number of hydrogen-bond acceptors (Lipinski definition) is 4. The first-order valence-corrected chi connectivity index (χ1v) is 8.86. The number of phenolic OH excluding ortho intramolecular Hbond substituents is 1. The lowest BCUT2D eigenvalue weighted by Crippen LogP contribution is -2.39. The number of benzene rings is 2. The van der Waals surface area contributed by atoms with E-state index in [1.165, 1.54) is 22.7 Å².